The molecule has 1 heterocycles. The van der Waals surface area contributed by atoms with Gasteiger partial charge in [0.15, 0.2) is 6.61 Å². The summed E-state index contributed by atoms with van der Waals surface area (Å²) in [7, 11) is 0. The highest BCUT2D eigenvalue weighted by molar-refractivity contribution is 6.30. The Balaban J connectivity index is 1.66. The van der Waals surface area contributed by atoms with Gasteiger partial charge in [0.2, 0.25) is 0 Å². The molecule has 1 saturated heterocycles. The molecule has 0 bridgehead atoms. The standard InChI is InChI=1S/C22H26ClNO3/c1-16-10-17(2)12-21(11-16)27-15-22(25)24(14-20-4-3-9-26-20)13-18-5-7-19(23)8-6-18/h5-8,10-12,20H,3-4,9,13-15H2,1-2H3/t20-/m1/s1. The average molecular weight is 388 g/mol. The summed E-state index contributed by atoms with van der Waals surface area (Å²) in [5.74, 6) is 0.684. The molecule has 0 saturated carbocycles. The number of rotatable bonds is 7. The monoisotopic (exact) mass is 387 g/mol. The first-order valence-corrected chi connectivity index (χ1v) is 9.72. The average Bonchev–Trinajstić information content (AvgIpc) is 3.13. The number of ether oxygens (including phenoxy) is 2. The predicted molar refractivity (Wildman–Crippen MR) is 107 cm³/mol. The van der Waals surface area contributed by atoms with Crippen LogP contribution in [0.25, 0.3) is 0 Å². The van der Waals surface area contributed by atoms with Crippen LogP contribution in [0.15, 0.2) is 42.5 Å². The normalized spacial score (nSPS) is 16.3. The predicted octanol–water partition coefficient (Wildman–Crippen LogP) is 4.54. The van der Waals surface area contributed by atoms with Gasteiger partial charge in [-0.15, -0.1) is 0 Å². The largest absolute Gasteiger partial charge is 0.484 e. The molecule has 5 heteroatoms. The molecule has 4 nitrogen and oxygen atoms in total. The first kappa shape index (κ1) is 19.7. The van der Waals surface area contributed by atoms with Crippen molar-refractivity contribution in [3.63, 3.8) is 0 Å². The van der Waals surface area contributed by atoms with Crippen molar-refractivity contribution < 1.29 is 14.3 Å². The van der Waals surface area contributed by atoms with E-state index < -0.39 is 0 Å². The number of hydrogen-bond acceptors (Lipinski definition) is 3. The molecule has 1 amide bonds. The van der Waals surface area contributed by atoms with E-state index in [2.05, 4.69) is 6.07 Å². The van der Waals surface area contributed by atoms with Crippen molar-refractivity contribution in [1.29, 1.82) is 0 Å². The molecule has 1 fully saturated rings. The second kappa shape index (κ2) is 9.25. The van der Waals surface area contributed by atoms with Gasteiger partial charge >= 0.3 is 0 Å². The third kappa shape index (κ3) is 5.98. The number of amides is 1. The van der Waals surface area contributed by atoms with Crippen molar-refractivity contribution >= 4 is 17.5 Å². The lowest BCUT2D eigenvalue weighted by Gasteiger charge is -2.26. The number of carbonyl (C=O) groups is 1. The Labute approximate surface area is 166 Å². The summed E-state index contributed by atoms with van der Waals surface area (Å²) < 4.78 is 11.5. The number of aryl methyl sites for hydroxylation is 2. The second-order valence-corrected chi connectivity index (χ2v) is 7.58. The third-order valence-electron chi connectivity index (χ3n) is 4.64. The van der Waals surface area contributed by atoms with E-state index in [4.69, 9.17) is 21.1 Å². The summed E-state index contributed by atoms with van der Waals surface area (Å²) in [6.07, 6.45) is 2.14. The molecule has 0 aromatic heterocycles. The Morgan fingerprint density at radius 1 is 1.19 bits per heavy atom. The van der Waals surface area contributed by atoms with Crippen molar-refractivity contribution in [2.24, 2.45) is 0 Å². The quantitative estimate of drug-likeness (QED) is 0.699. The molecular formula is C22H26ClNO3. The van der Waals surface area contributed by atoms with Gasteiger partial charge in [-0.1, -0.05) is 29.8 Å². The van der Waals surface area contributed by atoms with Crippen LogP contribution in [0.2, 0.25) is 5.02 Å². The zero-order valence-electron chi connectivity index (χ0n) is 15.9. The van der Waals surface area contributed by atoms with Gasteiger partial charge in [0.25, 0.3) is 5.91 Å². The van der Waals surface area contributed by atoms with Gasteiger partial charge in [-0.2, -0.15) is 0 Å². The highest BCUT2D eigenvalue weighted by atomic mass is 35.5. The van der Waals surface area contributed by atoms with Crippen molar-refractivity contribution in [2.45, 2.75) is 39.3 Å². The number of carbonyl (C=O) groups excluding carboxylic acids is 1. The highest BCUT2D eigenvalue weighted by Gasteiger charge is 2.23. The molecule has 2 aromatic rings. The van der Waals surface area contributed by atoms with Crippen LogP contribution in [0.4, 0.5) is 0 Å². The minimum atomic E-state index is -0.0420. The fraction of sp³-hybridized carbons (Fsp3) is 0.409. The fourth-order valence-corrected chi connectivity index (χ4v) is 3.48. The minimum Gasteiger partial charge on any atom is -0.484 e. The van der Waals surface area contributed by atoms with Crippen molar-refractivity contribution in [3.05, 3.63) is 64.2 Å². The molecule has 3 rings (SSSR count). The van der Waals surface area contributed by atoms with Gasteiger partial charge in [0.1, 0.15) is 5.75 Å². The van der Waals surface area contributed by atoms with Crippen LogP contribution >= 0.6 is 11.6 Å². The molecule has 0 aliphatic carbocycles. The number of hydrogen-bond donors (Lipinski definition) is 0. The van der Waals surface area contributed by atoms with E-state index in [1.165, 1.54) is 0 Å². The van der Waals surface area contributed by atoms with E-state index in [0.29, 0.717) is 18.1 Å². The number of benzene rings is 2. The molecule has 0 N–H and O–H groups in total. The summed E-state index contributed by atoms with van der Waals surface area (Å²) in [6, 6.07) is 13.6. The highest BCUT2D eigenvalue weighted by Crippen LogP contribution is 2.19. The maximum atomic E-state index is 12.9. The van der Waals surface area contributed by atoms with Gasteiger partial charge in [0, 0.05) is 24.7 Å². The van der Waals surface area contributed by atoms with Crippen LogP contribution in [-0.4, -0.2) is 36.7 Å². The molecule has 27 heavy (non-hydrogen) atoms. The SMILES string of the molecule is Cc1cc(C)cc(OCC(=O)N(Cc2ccc(Cl)cc2)C[C@H]2CCCO2)c1. The lowest BCUT2D eigenvalue weighted by Crippen LogP contribution is -2.39. The van der Waals surface area contributed by atoms with Gasteiger partial charge in [0.05, 0.1) is 6.10 Å². The molecule has 0 spiro atoms. The maximum absolute atomic E-state index is 12.9. The smallest absolute Gasteiger partial charge is 0.260 e. The van der Waals surface area contributed by atoms with Crippen molar-refractivity contribution in [1.82, 2.24) is 4.90 Å². The zero-order valence-corrected chi connectivity index (χ0v) is 16.7. The summed E-state index contributed by atoms with van der Waals surface area (Å²) in [5.41, 5.74) is 3.28. The molecule has 1 atom stereocenters. The summed E-state index contributed by atoms with van der Waals surface area (Å²) in [4.78, 5) is 14.7. The molecule has 144 valence electrons. The van der Waals surface area contributed by atoms with Gasteiger partial charge in [-0.3, -0.25) is 4.79 Å². The fourth-order valence-electron chi connectivity index (χ4n) is 3.35. The number of halogens is 1. The molecule has 0 radical (unpaired) electrons. The summed E-state index contributed by atoms with van der Waals surface area (Å²) >= 11 is 5.97. The summed E-state index contributed by atoms with van der Waals surface area (Å²) in [5, 5.41) is 0.689. The van der Waals surface area contributed by atoms with E-state index in [1.54, 1.807) is 0 Å². The van der Waals surface area contributed by atoms with E-state index in [-0.39, 0.29) is 18.6 Å². The van der Waals surface area contributed by atoms with E-state index in [1.807, 2.05) is 55.1 Å². The maximum Gasteiger partial charge on any atom is 0.260 e. The van der Waals surface area contributed by atoms with Crippen LogP contribution in [0, 0.1) is 13.8 Å². The third-order valence-corrected chi connectivity index (χ3v) is 4.90. The molecule has 1 aliphatic rings. The van der Waals surface area contributed by atoms with E-state index >= 15 is 0 Å². The van der Waals surface area contributed by atoms with Gasteiger partial charge in [-0.25, -0.2) is 0 Å². The van der Waals surface area contributed by atoms with Crippen LogP contribution < -0.4 is 4.74 Å². The molecular weight excluding hydrogens is 362 g/mol. The zero-order chi connectivity index (χ0) is 19.2. The Morgan fingerprint density at radius 2 is 1.89 bits per heavy atom. The second-order valence-electron chi connectivity index (χ2n) is 7.15. The molecule has 1 aliphatic heterocycles. The van der Waals surface area contributed by atoms with Crippen LogP contribution in [0.1, 0.15) is 29.5 Å². The Kier molecular flexibility index (Phi) is 6.75. The van der Waals surface area contributed by atoms with Crippen LogP contribution in [0.5, 0.6) is 5.75 Å². The first-order valence-electron chi connectivity index (χ1n) is 9.34. The van der Waals surface area contributed by atoms with E-state index in [0.717, 1.165) is 41.9 Å². The Bertz CT molecular complexity index is 749. The molecule has 0 unspecified atom stereocenters. The topological polar surface area (TPSA) is 38.8 Å². The van der Waals surface area contributed by atoms with Crippen LogP contribution in [0.3, 0.4) is 0 Å². The molecule has 2 aromatic carbocycles. The first-order chi connectivity index (χ1) is 13.0. The lowest BCUT2D eigenvalue weighted by atomic mass is 10.1. The van der Waals surface area contributed by atoms with Crippen molar-refractivity contribution in [2.75, 3.05) is 19.8 Å². The Morgan fingerprint density at radius 3 is 2.52 bits per heavy atom. The van der Waals surface area contributed by atoms with E-state index in [9.17, 15) is 4.79 Å². The lowest BCUT2D eigenvalue weighted by molar-refractivity contribution is -0.135. The van der Waals surface area contributed by atoms with Gasteiger partial charge in [-0.05, 0) is 67.6 Å². The van der Waals surface area contributed by atoms with Crippen LogP contribution in [-0.2, 0) is 16.1 Å². The van der Waals surface area contributed by atoms with Gasteiger partial charge < -0.3 is 14.4 Å². The minimum absolute atomic E-state index is 0.0171. The number of nitrogens with zero attached hydrogens (tertiary/aromatic N) is 1. The Hall–Kier alpha value is -2.04. The summed E-state index contributed by atoms with van der Waals surface area (Å²) in [6.45, 7) is 5.93. The van der Waals surface area contributed by atoms with Crippen molar-refractivity contribution in [3.8, 4) is 5.75 Å².